The van der Waals surface area contributed by atoms with Gasteiger partial charge >= 0.3 is 5.97 Å². The van der Waals surface area contributed by atoms with Crippen LogP contribution in [0.5, 0.6) is 0 Å². The molecule has 0 aromatic carbocycles. The first kappa shape index (κ1) is 11.8. The molecule has 0 radical (unpaired) electrons. The Labute approximate surface area is 101 Å². The van der Waals surface area contributed by atoms with Crippen molar-refractivity contribution in [3.8, 4) is 0 Å². The summed E-state index contributed by atoms with van der Waals surface area (Å²) in [6.07, 6.45) is 0. The van der Waals surface area contributed by atoms with E-state index in [0.717, 1.165) is 4.88 Å². The molecule has 0 unspecified atom stereocenters. The number of aromatic nitrogens is 2. The van der Waals surface area contributed by atoms with Crippen molar-refractivity contribution in [2.24, 2.45) is 0 Å². The molecule has 0 aliphatic carbocycles. The van der Waals surface area contributed by atoms with Crippen molar-refractivity contribution in [2.75, 3.05) is 0 Å². The number of carboxylic acids is 1. The van der Waals surface area contributed by atoms with E-state index < -0.39 is 11.5 Å². The maximum atomic E-state index is 11.7. The molecule has 90 valence electrons. The topological polar surface area (TPSA) is 83.0 Å². The highest BCUT2D eigenvalue weighted by Crippen LogP contribution is 2.31. The van der Waals surface area contributed by atoms with E-state index in [-0.39, 0.29) is 11.2 Å². The Kier molecular flexibility index (Phi) is 2.54. The van der Waals surface area contributed by atoms with Crippen LogP contribution < -0.4 is 5.56 Å². The van der Waals surface area contributed by atoms with Crippen molar-refractivity contribution in [3.05, 3.63) is 27.1 Å². The minimum atomic E-state index is -1.23. The van der Waals surface area contributed by atoms with Gasteiger partial charge in [-0.3, -0.25) is 4.79 Å². The summed E-state index contributed by atoms with van der Waals surface area (Å²) in [6, 6.07) is 1.78. The number of hydrogen-bond donors (Lipinski definition) is 2. The van der Waals surface area contributed by atoms with Crippen LogP contribution in [0.1, 0.15) is 36.3 Å². The Hall–Kier alpha value is -1.69. The van der Waals surface area contributed by atoms with Gasteiger partial charge in [-0.1, -0.05) is 20.8 Å². The summed E-state index contributed by atoms with van der Waals surface area (Å²) in [5.41, 5.74) is -0.486. The Balaban J connectivity index is 2.74. The molecule has 0 fully saturated rings. The van der Waals surface area contributed by atoms with Gasteiger partial charge in [-0.2, -0.15) is 0 Å². The average Bonchev–Trinajstić information content (AvgIpc) is 2.60. The number of hydrogen-bond acceptors (Lipinski definition) is 4. The molecule has 0 saturated carbocycles. The highest BCUT2D eigenvalue weighted by atomic mass is 32.1. The van der Waals surface area contributed by atoms with Gasteiger partial charge in [0.25, 0.3) is 5.56 Å². The van der Waals surface area contributed by atoms with Crippen molar-refractivity contribution in [1.82, 2.24) is 9.97 Å². The number of carboxylic acid groups (broad SMARTS) is 1. The molecule has 2 aromatic heterocycles. The third kappa shape index (κ3) is 2.08. The van der Waals surface area contributed by atoms with Crippen LogP contribution in [0.3, 0.4) is 0 Å². The molecule has 2 rings (SSSR count). The van der Waals surface area contributed by atoms with Gasteiger partial charge in [0, 0.05) is 4.88 Å². The second-order valence-electron chi connectivity index (χ2n) is 4.80. The molecule has 2 N–H and O–H groups in total. The first-order valence-corrected chi connectivity index (χ1v) is 5.88. The number of rotatable bonds is 1. The third-order valence-electron chi connectivity index (χ3n) is 2.34. The van der Waals surface area contributed by atoms with Gasteiger partial charge in [0.1, 0.15) is 4.83 Å². The first-order chi connectivity index (χ1) is 7.79. The molecule has 0 saturated heterocycles. The molecule has 0 atom stereocenters. The van der Waals surface area contributed by atoms with Crippen LogP contribution in [0.2, 0.25) is 0 Å². The highest BCUT2D eigenvalue weighted by Gasteiger charge is 2.19. The van der Waals surface area contributed by atoms with Crippen molar-refractivity contribution >= 4 is 27.5 Å². The van der Waals surface area contributed by atoms with E-state index in [2.05, 4.69) is 9.97 Å². The molecular formula is C11H12N2O3S. The molecule has 2 heterocycles. The smallest absolute Gasteiger partial charge is 0.372 e. The van der Waals surface area contributed by atoms with Crippen LogP contribution in [0.25, 0.3) is 10.2 Å². The zero-order valence-corrected chi connectivity index (χ0v) is 10.5. The summed E-state index contributed by atoms with van der Waals surface area (Å²) in [4.78, 5) is 30.1. The fourth-order valence-corrected chi connectivity index (χ4v) is 2.49. The van der Waals surface area contributed by atoms with E-state index in [9.17, 15) is 9.59 Å². The van der Waals surface area contributed by atoms with Gasteiger partial charge in [-0.15, -0.1) is 11.3 Å². The first-order valence-electron chi connectivity index (χ1n) is 5.06. The van der Waals surface area contributed by atoms with E-state index >= 15 is 0 Å². The van der Waals surface area contributed by atoms with Crippen LogP contribution >= 0.6 is 11.3 Å². The standard InChI is InChI=1S/C11H12N2O3S/c1-11(2,3)6-4-5-8(14)12-7(10(15)16)13-9(5)17-6/h4H,1-3H3,(H,15,16)(H,12,13,14). The van der Waals surface area contributed by atoms with E-state index in [1.54, 1.807) is 6.07 Å². The fourth-order valence-electron chi connectivity index (χ4n) is 1.40. The Morgan fingerprint density at radius 3 is 2.65 bits per heavy atom. The lowest BCUT2D eigenvalue weighted by molar-refractivity contribution is 0.0683. The quantitative estimate of drug-likeness (QED) is 0.813. The van der Waals surface area contributed by atoms with E-state index in [1.165, 1.54) is 11.3 Å². The Morgan fingerprint density at radius 1 is 1.47 bits per heavy atom. The summed E-state index contributed by atoms with van der Waals surface area (Å²) in [6.45, 7) is 6.10. The minimum Gasteiger partial charge on any atom is -0.475 e. The van der Waals surface area contributed by atoms with Gasteiger partial charge in [-0.25, -0.2) is 9.78 Å². The summed E-state index contributed by atoms with van der Waals surface area (Å²) in [5, 5.41) is 9.26. The molecule has 2 aromatic rings. The lowest BCUT2D eigenvalue weighted by Gasteiger charge is -2.14. The SMILES string of the molecule is CC(C)(C)c1cc2c(=O)[nH]c(C(=O)O)nc2s1. The van der Waals surface area contributed by atoms with Crippen LogP contribution in [-0.4, -0.2) is 21.0 Å². The number of nitrogens with zero attached hydrogens (tertiary/aromatic N) is 1. The molecule has 0 spiro atoms. The van der Waals surface area contributed by atoms with Crippen molar-refractivity contribution < 1.29 is 9.90 Å². The number of nitrogens with one attached hydrogen (secondary N) is 1. The van der Waals surface area contributed by atoms with Gasteiger partial charge in [0.05, 0.1) is 5.39 Å². The van der Waals surface area contributed by atoms with Gasteiger partial charge in [0.15, 0.2) is 0 Å². The largest absolute Gasteiger partial charge is 0.475 e. The molecule has 6 heteroatoms. The lowest BCUT2D eigenvalue weighted by atomic mass is 9.94. The summed E-state index contributed by atoms with van der Waals surface area (Å²) >= 11 is 1.36. The molecule has 0 bridgehead atoms. The van der Waals surface area contributed by atoms with Gasteiger partial charge in [-0.05, 0) is 11.5 Å². The lowest BCUT2D eigenvalue weighted by Crippen LogP contribution is -2.14. The zero-order valence-electron chi connectivity index (χ0n) is 9.70. The molecule has 17 heavy (non-hydrogen) atoms. The monoisotopic (exact) mass is 252 g/mol. The van der Waals surface area contributed by atoms with Crippen molar-refractivity contribution in [3.63, 3.8) is 0 Å². The number of thiophene rings is 1. The predicted octanol–water partition coefficient (Wildman–Crippen LogP) is 1.98. The second-order valence-corrected chi connectivity index (χ2v) is 5.83. The molecule has 5 nitrogen and oxygen atoms in total. The fraction of sp³-hybridized carbons (Fsp3) is 0.364. The average molecular weight is 252 g/mol. The molecule has 0 aliphatic heterocycles. The predicted molar refractivity (Wildman–Crippen MR) is 65.9 cm³/mol. The third-order valence-corrected chi connectivity index (χ3v) is 3.80. The maximum absolute atomic E-state index is 11.7. The Morgan fingerprint density at radius 2 is 2.12 bits per heavy atom. The minimum absolute atomic E-state index is 0.0821. The second kappa shape index (κ2) is 3.66. The zero-order chi connectivity index (χ0) is 12.8. The number of aromatic carboxylic acids is 1. The highest BCUT2D eigenvalue weighted by molar-refractivity contribution is 7.18. The molecular weight excluding hydrogens is 240 g/mol. The van der Waals surface area contributed by atoms with Crippen molar-refractivity contribution in [2.45, 2.75) is 26.2 Å². The van der Waals surface area contributed by atoms with E-state index in [4.69, 9.17) is 5.11 Å². The van der Waals surface area contributed by atoms with Crippen LogP contribution in [0.4, 0.5) is 0 Å². The summed E-state index contributed by atoms with van der Waals surface area (Å²) < 4.78 is 0. The van der Waals surface area contributed by atoms with E-state index in [1.807, 2.05) is 20.8 Å². The number of fused-ring (bicyclic) bond motifs is 1. The Bertz CT molecular complexity index is 649. The number of carbonyl (C=O) groups is 1. The van der Waals surface area contributed by atoms with E-state index in [0.29, 0.717) is 10.2 Å². The van der Waals surface area contributed by atoms with Gasteiger partial charge < -0.3 is 10.1 Å². The normalized spacial score (nSPS) is 11.9. The van der Waals surface area contributed by atoms with Crippen LogP contribution in [0.15, 0.2) is 10.9 Å². The molecule has 0 amide bonds. The summed E-state index contributed by atoms with van der Waals surface area (Å²) in [7, 11) is 0. The molecule has 0 aliphatic rings. The summed E-state index contributed by atoms with van der Waals surface area (Å²) in [5.74, 6) is -1.54. The van der Waals surface area contributed by atoms with Crippen LogP contribution in [0, 0.1) is 0 Å². The number of H-pyrrole nitrogens is 1. The van der Waals surface area contributed by atoms with Crippen molar-refractivity contribution in [1.29, 1.82) is 0 Å². The number of aromatic amines is 1. The maximum Gasteiger partial charge on any atom is 0.372 e. The van der Waals surface area contributed by atoms with Crippen LogP contribution in [-0.2, 0) is 5.41 Å². The van der Waals surface area contributed by atoms with Gasteiger partial charge in [0.2, 0.25) is 5.82 Å².